The van der Waals surface area contributed by atoms with Gasteiger partial charge in [-0.15, -0.1) is 11.3 Å². The largest absolute Gasteiger partial charge is 0.496 e. The maximum atomic E-state index is 10.8. The second kappa shape index (κ2) is 10.5. The number of hydrogen-bond acceptors (Lipinski definition) is 8. The van der Waals surface area contributed by atoms with Gasteiger partial charge in [0.05, 0.1) is 18.7 Å². The number of ether oxygens (including phenoxy) is 2. The van der Waals surface area contributed by atoms with Crippen molar-refractivity contribution in [3.63, 3.8) is 0 Å². The Morgan fingerprint density at radius 2 is 1.77 bits per heavy atom. The molecule has 0 radical (unpaired) electrons. The molecule has 1 aliphatic carbocycles. The van der Waals surface area contributed by atoms with Crippen LogP contribution in [0.3, 0.4) is 0 Å². The Morgan fingerprint density at radius 3 is 2.49 bits per heavy atom. The molecule has 2 aliphatic rings. The van der Waals surface area contributed by atoms with Crippen LogP contribution in [0.2, 0.25) is 0 Å². The zero-order valence-corrected chi connectivity index (χ0v) is 20.7. The Balaban J connectivity index is 1.54. The first-order valence-electron chi connectivity index (χ1n) is 12.4. The fourth-order valence-electron chi connectivity index (χ4n) is 5.55. The third kappa shape index (κ3) is 4.71. The normalized spacial score (nSPS) is 27.9. The highest BCUT2D eigenvalue weighted by molar-refractivity contribution is 7.11. The molecule has 0 bridgehead atoms. The topological polar surface area (TPSA) is 112 Å². The van der Waals surface area contributed by atoms with Crippen LogP contribution in [0.25, 0.3) is 10.8 Å². The fraction of sp³-hybridized carbons (Fsp3) is 0.519. The van der Waals surface area contributed by atoms with E-state index in [9.17, 15) is 20.4 Å². The molecule has 2 aromatic carbocycles. The summed E-state index contributed by atoms with van der Waals surface area (Å²) in [4.78, 5) is 6.06. The van der Waals surface area contributed by atoms with Crippen molar-refractivity contribution in [2.45, 2.75) is 75.0 Å². The number of aliphatic hydroxyl groups is 4. The van der Waals surface area contributed by atoms with Gasteiger partial charge in [0, 0.05) is 28.4 Å². The molecule has 1 saturated carbocycles. The lowest BCUT2D eigenvalue weighted by molar-refractivity contribution is -0.231. The third-order valence-electron chi connectivity index (χ3n) is 7.43. The third-order valence-corrected chi connectivity index (χ3v) is 8.59. The first-order chi connectivity index (χ1) is 17.0. The van der Waals surface area contributed by atoms with Crippen molar-refractivity contribution in [1.82, 2.24) is 4.98 Å². The van der Waals surface area contributed by atoms with Gasteiger partial charge in [-0.25, -0.2) is 4.98 Å². The monoisotopic (exact) mass is 499 g/mol. The number of rotatable bonds is 6. The quantitative estimate of drug-likeness (QED) is 0.411. The average Bonchev–Trinajstić information content (AvgIpc) is 3.36. The molecule has 5 rings (SSSR count). The van der Waals surface area contributed by atoms with Crippen molar-refractivity contribution in [1.29, 1.82) is 0 Å². The maximum absolute atomic E-state index is 10.8. The van der Waals surface area contributed by atoms with E-state index in [4.69, 9.17) is 14.5 Å². The molecule has 7 nitrogen and oxygen atoms in total. The Morgan fingerprint density at radius 1 is 1.03 bits per heavy atom. The molecule has 8 heteroatoms. The van der Waals surface area contributed by atoms with E-state index in [1.54, 1.807) is 18.4 Å². The highest BCUT2D eigenvalue weighted by Gasteiger charge is 2.44. The first-order valence-corrected chi connectivity index (χ1v) is 13.2. The lowest BCUT2D eigenvalue weighted by atomic mass is 9.87. The van der Waals surface area contributed by atoms with Crippen molar-refractivity contribution >= 4 is 22.1 Å². The Bertz CT molecular complexity index is 1160. The van der Waals surface area contributed by atoms with Crippen molar-refractivity contribution in [2.24, 2.45) is 0 Å². The summed E-state index contributed by atoms with van der Waals surface area (Å²) in [5.41, 5.74) is 1.58. The zero-order chi connectivity index (χ0) is 24.5. The van der Waals surface area contributed by atoms with Crippen molar-refractivity contribution in [2.75, 3.05) is 13.7 Å². The van der Waals surface area contributed by atoms with Gasteiger partial charge < -0.3 is 29.9 Å². The maximum Gasteiger partial charge on any atom is 0.130 e. The minimum atomic E-state index is -1.44. The van der Waals surface area contributed by atoms with Crippen molar-refractivity contribution < 1.29 is 29.9 Å². The van der Waals surface area contributed by atoms with Gasteiger partial charge in [-0.3, -0.25) is 0 Å². The van der Waals surface area contributed by atoms with Crippen LogP contribution in [0.5, 0.6) is 5.75 Å². The van der Waals surface area contributed by atoms with Gasteiger partial charge in [-0.1, -0.05) is 43.5 Å². The van der Waals surface area contributed by atoms with Gasteiger partial charge in [-0.2, -0.15) is 0 Å². The van der Waals surface area contributed by atoms with Crippen LogP contribution >= 0.6 is 11.3 Å². The summed E-state index contributed by atoms with van der Waals surface area (Å²) in [7, 11) is 1.65. The van der Waals surface area contributed by atoms with Gasteiger partial charge in [0.25, 0.3) is 0 Å². The van der Waals surface area contributed by atoms with Crippen LogP contribution in [-0.2, 0) is 11.2 Å². The summed E-state index contributed by atoms with van der Waals surface area (Å²) in [6, 6.07) is 9.64. The molecule has 1 aliphatic heterocycles. The number of benzene rings is 2. The van der Waals surface area contributed by atoms with E-state index in [1.807, 2.05) is 36.5 Å². The molecule has 1 aromatic heterocycles. The Labute approximate surface area is 209 Å². The number of methoxy groups -OCH3 is 1. The van der Waals surface area contributed by atoms with E-state index >= 15 is 0 Å². The molecule has 3 aromatic rings. The zero-order valence-electron chi connectivity index (χ0n) is 19.8. The van der Waals surface area contributed by atoms with Crippen molar-refractivity contribution in [3.05, 3.63) is 57.5 Å². The molecule has 5 atom stereocenters. The number of nitrogens with zero attached hydrogens (tertiary/aromatic N) is 1. The highest BCUT2D eigenvalue weighted by atomic mass is 32.1. The van der Waals surface area contributed by atoms with Gasteiger partial charge >= 0.3 is 0 Å². The number of hydrogen-bond donors (Lipinski definition) is 4. The van der Waals surface area contributed by atoms with Gasteiger partial charge in [0.1, 0.15) is 36.3 Å². The van der Waals surface area contributed by atoms with Crippen LogP contribution in [0.4, 0.5) is 0 Å². The highest BCUT2D eigenvalue weighted by Crippen LogP contribution is 2.42. The van der Waals surface area contributed by atoms with E-state index in [-0.39, 0.29) is 0 Å². The predicted molar refractivity (Wildman–Crippen MR) is 134 cm³/mol. The molecule has 0 amide bonds. The first kappa shape index (κ1) is 24.6. The molecule has 4 N–H and O–H groups in total. The molecule has 0 unspecified atom stereocenters. The molecule has 2 fully saturated rings. The SMILES string of the molecule is COc1c(Cc2ncc(C3CCCCC3)s2)cc([C@@H]2O[C@H](CO)[C@@H](O)[C@H](O)[C@H]2O)c2ccccc12. The van der Waals surface area contributed by atoms with Gasteiger partial charge in [-0.05, 0) is 35.8 Å². The van der Waals surface area contributed by atoms with Crippen LogP contribution < -0.4 is 4.74 Å². The number of aromatic nitrogens is 1. The van der Waals surface area contributed by atoms with Crippen molar-refractivity contribution in [3.8, 4) is 5.75 Å². The van der Waals surface area contributed by atoms with Crippen LogP contribution in [0.15, 0.2) is 36.5 Å². The second-order valence-corrected chi connectivity index (χ2v) is 10.8. The van der Waals surface area contributed by atoms with Crippen LogP contribution in [0, 0.1) is 0 Å². The summed E-state index contributed by atoms with van der Waals surface area (Å²) in [6.45, 7) is -0.467. The number of fused-ring (bicyclic) bond motifs is 1. The summed E-state index contributed by atoms with van der Waals surface area (Å²) in [6.07, 6.45) is 2.82. The predicted octanol–water partition coefficient (Wildman–Crippen LogP) is 3.46. The minimum Gasteiger partial charge on any atom is -0.496 e. The summed E-state index contributed by atoms with van der Waals surface area (Å²) < 4.78 is 11.8. The second-order valence-electron chi connectivity index (χ2n) is 9.62. The van der Waals surface area contributed by atoms with E-state index in [1.165, 1.54) is 37.0 Å². The molecular weight excluding hydrogens is 466 g/mol. The van der Waals surface area contributed by atoms with E-state index in [0.29, 0.717) is 17.9 Å². The van der Waals surface area contributed by atoms with Gasteiger partial charge in [0.15, 0.2) is 0 Å². The number of thiazole rings is 1. The lowest BCUT2D eigenvalue weighted by Crippen LogP contribution is -2.55. The fourth-order valence-corrected chi connectivity index (χ4v) is 6.66. The molecule has 188 valence electrons. The van der Waals surface area contributed by atoms with E-state index in [2.05, 4.69) is 0 Å². The molecular formula is C27H33NO6S. The minimum absolute atomic E-state index is 0.467. The molecule has 2 heterocycles. The average molecular weight is 500 g/mol. The Kier molecular flexibility index (Phi) is 7.39. The van der Waals surface area contributed by atoms with Crippen LogP contribution in [0.1, 0.15) is 65.1 Å². The summed E-state index contributed by atoms with van der Waals surface area (Å²) in [5.74, 6) is 1.33. The lowest BCUT2D eigenvalue weighted by Gasteiger charge is -2.40. The molecule has 0 spiro atoms. The Hall–Kier alpha value is -2.07. The standard InChI is InChI=1S/C27H33NO6S/c1-33-26-16(12-22-28-13-21(35-22)15-7-3-2-4-8-15)11-19(17-9-5-6-10-18(17)26)27-25(32)24(31)23(30)20(14-29)34-27/h5-6,9-11,13,15,20,23-25,27,29-32H,2-4,7-8,12,14H2,1H3/t20-,23-,24+,25-,27+/m1/s1. The summed E-state index contributed by atoms with van der Waals surface area (Å²) >= 11 is 1.75. The smallest absolute Gasteiger partial charge is 0.130 e. The molecule has 1 saturated heterocycles. The van der Waals surface area contributed by atoms with E-state index < -0.39 is 37.1 Å². The molecule has 35 heavy (non-hydrogen) atoms. The summed E-state index contributed by atoms with van der Waals surface area (Å²) in [5, 5.41) is 43.9. The van der Waals surface area contributed by atoms with Gasteiger partial charge in [0.2, 0.25) is 0 Å². The van der Waals surface area contributed by atoms with E-state index in [0.717, 1.165) is 27.1 Å². The number of aliphatic hydroxyl groups excluding tert-OH is 4. The van der Waals surface area contributed by atoms with Crippen LogP contribution in [-0.4, -0.2) is 63.5 Å².